The average Bonchev–Trinajstić information content (AvgIpc) is 2.38. The molecule has 5 heteroatoms. The SMILES string of the molecule is CCC(CC)N(CCO)C(C)C(=O)NCCOC. The van der Waals surface area contributed by atoms with E-state index in [1.54, 1.807) is 7.11 Å². The predicted octanol–water partition coefficient (Wildman–Crippen LogP) is 0.620. The lowest BCUT2D eigenvalue weighted by Gasteiger charge is -2.34. The summed E-state index contributed by atoms with van der Waals surface area (Å²) in [6, 6.07) is 0.110. The van der Waals surface area contributed by atoms with Crippen LogP contribution in [0.3, 0.4) is 0 Å². The third-order valence-electron chi connectivity index (χ3n) is 3.25. The third-order valence-corrected chi connectivity index (χ3v) is 3.25. The molecule has 0 saturated carbocycles. The van der Waals surface area contributed by atoms with Gasteiger partial charge in [-0.05, 0) is 19.8 Å². The summed E-state index contributed by atoms with van der Waals surface area (Å²) in [7, 11) is 1.61. The van der Waals surface area contributed by atoms with Crippen molar-refractivity contribution in [3.63, 3.8) is 0 Å². The van der Waals surface area contributed by atoms with Crippen molar-refractivity contribution in [1.29, 1.82) is 0 Å². The van der Waals surface area contributed by atoms with E-state index in [-0.39, 0.29) is 18.6 Å². The van der Waals surface area contributed by atoms with Crippen LogP contribution in [0.25, 0.3) is 0 Å². The molecule has 108 valence electrons. The number of ether oxygens (including phenoxy) is 1. The topological polar surface area (TPSA) is 61.8 Å². The quantitative estimate of drug-likeness (QED) is 0.565. The van der Waals surface area contributed by atoms with Crippen LogP contribution in [0.1, 0.15) is 33.6 Å². The summed E-state index contributed by atoms with van der Waals surface area (Å²) in [6.07, 6.45) is 1.96. The second kappa shape index (κ2) is 10.3. The molecule has 2 N–H and O–H groups in total. The zero-order valence-corrected chi connectivity index (χ0v) is 12.1. The molecule has 0 aliphatic rings. The molecule has 5 nitrogen and oxygen atoms in total. The first-order valence-corrected chi connectivity index (χ1v) is 6.75. The fourth-order valence-electron chi connectivity index (χ4n) is 2.14. The molecule has 0 saturated heterocycles. The summed E-state index contributed by atoms with van der Waals surface area (Å²) >= 11 is 0. The van der Waals surface area contributed by atoms with E-state index in [0.29, 0.717) is 25.7 Å². The first-order chi connectivity index (χ1) is 8.62. The Hall–Kier alpha value is -0.650. The zero-order valence-electron chi connectivity index (χ0n) is 12.1. The van der Waals surface area contributed by atoms with Gasteiger partial charge in [-0.1, -0.05) is 13.8 Å². The third kappa shape index (κ3) is 5.80. The normalized spacial score (nSPS) is 13.1. The van der Waals surface area contributed by atoms with Crippen molar-refractivity contribution in [2.45, 2.75) is 45.7 Å². The highest BCUT2D eigenvalue weighted by atomic mass is 16.5. The Balaban J connectivity index is 4.43. The van der Waals surface area contributed by atoms with Crippen molar-refractivity contribution >= 4 is 5.91 Å². The van der Waals surface area contributed by atoms with E-state index in [1.807, 2.05) is 6.92 Å². The number of nitrogens with one attached hydrogen (secondary N) is 1. The molecular formula is C13H28N2O3. The van der Waals surface area contributed by atoms with Crippen LogP contribution in [0.4, 0.5) is 0 Å². The van der Waals surface area contributed by atoms with E-state index in [0.717, 1.165) is 12.8 Å². The average molecular weight is 260 g/mol. The summed E-state index contributed by atoms with van der Waals surface area (Å²) in [6.45, 7) is 7.74. The van der Waals surface area contributed by atoms with E-state index >= 15 is 0 Å². The summed E-state index contributed by atoms with van der Waals surface area (Å²) < 4.78 is 4.90. The van der Waals surface area contributed by atoms with E-state index in [4.69, 9.17) is 9.84 Å². The monoisotopic (exact) mass is 260 g/mol. The number of rotatable bonds is 10. The zero-order chi connectivity index (χ0) is 14.0. The summed E-state index contributed by atoms with van der Waals surface area (Å²) in [4.78, 5) is 14.1. The minimum Gasteiger partial charge on any atom is -0.395 e. The molecule has 1 atom stereocenters. The number of hydrogen-bond donors (Lipinski definition) is 2. The van der Waals surface area contributed by atoms with Gasteiger partial charge in [0.05, 0.1) is 19.3 Å². The molecule has 0 spiro atoms. The minimum atomic E-state index is -0.223. The Bertz CT molecular complexity index is 220. The molecule has 0 fully saturated rings. The first-order valence-electron chi connectivity index (χ1n) is 6.75. The Labute approximate surface area is 110 Å². The molecule has 0 aliphatic carbocycles. The smallest absolute Gasteiger partial charge is 0.237 e. The summed E-state index contributed by atoms with van der Waals surface area (Å²) in [5.41, 5.74) is 0. The highest BCUT2D eigenvalue weighted by Crippen LogP contribution is 2.12. The Morgan fingerprint density at radius 2 is 2.00 bits per heavy atom. The molecule has 1 amide bonds. The van der Waals surface area contributed by atoms with Crippen LogP contribution in [0.15, 0.2) is 0 Å². The lowest BCUT2D eigenvalue weighted by molar-refractivity contribution is -0.127. The van der Waals surface area contributed by atoms with Crippen LogP contribution in [0.5, 0.6) is 0 Å². The molecule has 0 heterocycles. The molecule has 0 bridgehead atoms. The van der Waals surface area contributed by atoms with E-state index in [9.17, 15) is 4.79 Å². The predicted molar refractivity (Wildman–Crippen MR) is 72.5 cm³/mol. The van der Waals surface area contributed by atoms with Gasteiger partial charge in [0, 0.05) is 26.2 Å². The molecule has 0 radical (unpaired) electrons. The van der Waals surface area contributed by atoms with Crippen molar-refractivity contribution in [1.82, 2.24) is 10.2 Å². The molecule has 18 heavy (non-hydrogen) atoms. The van der Waals surface area contributed by atoms with Crippen LogP contribution < -0.4 is 5.32 Å². The highest BCUT2D eigenvalue weighted by Gasteiger charge is 2.25. The maximum Gasteiger partial charge on any atom is 0.237 e. The van der Waals surface area contributed by atoms with Crippen LogP contribution in [0.2, 0.25) is 0 Å². The van der Waals surface area contributed by atoms with E-state index in [1.165, 1.54) is 0 Å². The number of carbonyl (C=O) groups is 1. The number of nitrogens with zero attached hydrogens (tertiary/aromatic N) is 1. The maximum absolute atomic E-state index is 12.0. The molecule has 1 unspecified atom stereocenters. The Morgan fingerprint density at radius 3 is 2.44 bits per heavy atom. The van der Waals surface area contributed by atoms with Crippen LogP contribution in [-0.4, -0.2) is 61.4 Å². The minimum absolute atomic E-state index is 0.00704. The van der Waals surface area contributed by atoms with E-state index in [2.05, 4.69) is 24.1 Å². The Morgan fingerprint density at radius 1 is 1.39 bits per heavy atom. The van der Waals surface area contributed by atoms with Crippen LogP contribution >= 0.6 is 0 Å². The summed E-state index contributed by atoms with van der Waals surface area (Å²) in [5.74, 6) is -0.00704. The van der Waals surface area contributed by atoms with Gasteiger partial charge in [-0.3, -0.25) is 9.69 Å². The van der Waals surface area contributed by atoms with Gasteiger partial charge >= 0.3 is 0 Å². The van der Waals surface area contributed by atoms with Crippen molar-refractivity contribution in [3.8, 4) is 0 Å². The molecule has 0 aliphatic heterocycles. The highest BCUT2D eigenvalue weighted by molar-refractivity contribution is 5.81. The van der Waals surface area contributed by atoms with Crippen molar-refractivity contribution in [2.75, 3.05) is 33.4 Å². The number of methoxy groups -OCH3 is 1. The number of aliphatic hydroxyl groups excluding tert-OH is 1. The second-order valence-corrected chi connectivity index (χ2v) is 4.39. The maximum atomic E-state index is 12.0. The fraction of sp³-hybridized carbons (Fsp3) is 0.923. The number of aliphatic hydroxyl groups is 1. The van der Waals surface area contributed by atoms with Crippen molar-refractivity contribution in [3.05, 3.63) is 0 Å². The molecule has 0 aromatic carbocycles. The molecule has 0 rings (SSSR count). The van der Waals surface area contributed by atoms with E-state index < -0.39 is 0 Å². The van der Waals surface area contributed by atoms with Gasteiger partial charge < -0.3 is 15.2 Å². The standard InChI is InChI=1S/C13H28N2O3/c1-5-12(6-2)15(8-9-16)11(3)13(17)14-7-10-18-4/h11-12,16H,5-10H2,1-4H3,(H,14,17). The summed E-state index contributed by atoms with van der Waals surface area (Å²) in [5, 5.41) is 12.0. The van der Waals surface area contributed by atoms with Gasteiger partial charge in [0.1, 0.15) is 0 Å². The molecule has 0 aromatic heterocycles. The second-order valence-electron chi connectivity index (χ2n) is 4.39. The van der Waals surface area contributed by atoms with Gasteiger partial charge in [0.2, 0.25) is 5.91 Å². The molecule has 0 aromatic rings. The largest absolute Gasteiger partial charge is 0.395 e. The van der Waals surface area contributed by atoms with Gasteiger partial charge in [-0.15, -0.1) is 0 Å². The lowest BCUT2D eigenvalue weighted by Crippen LogP contribution is -2.51. The lowest BCUT2D eigenvalue weighted by atomic mass is 10.1. The van der Waals surface area contributed by atoms with Gasteiger partial charge in [0.25, 0.3) is 0 Å². The number of hydrogen-bond acceptors (Lipinski definition) is 4. The van der Waals surface area contributed by atoms with Crippen molar-refractivity contribution < 1.29 is 14.6 Å². The van der Waals surface area contributed by atoms with Crippen LogP contribution in [-0.2, 0) is 9.53 Å². The fourth-order valence-corrected chi connectivity index (χ4v) is 2.14. The Kier molecular flexibility index (Phi) is 9.92. The van der Waals surface area contributed by atoms with Crippen LogP contribution in [0, 0.1) is 0 Å². The van der Waals surface area contributed by atoms with Gasteiger partial charge in [-0.2, -0.15) is 0 Å². The first kappa shape index (κ1) is 17.4. The number of amides is 1. The molecular weight excluding hydrogens is 232 g/mol. The van der Waals surface area contributed by atoms with Gasteiger partial charge in [-0.25, -0.2) is 0 Å². The van der Waals surface area contributed by atoms with Gasteiger partial charge in [0.15, 0.2) is 0 Å². The van der Waals surface area contributed by atoms with Crippen molar-refractivity contribution in [2.24, 2.45) is 0 Å². The number of carbonyl (C=O) groups excluding carboxylic acids is 1.